The van der Waals surface area contributed by atoms with Gasteiger partial charge in [-0.25, -0.2) is 0 Å². The normalized spacial score (nSPS) is 13.1. The zero-order valence-corrected chi connectivity index (χ0v) is 12.8. The molecule has 1 atom stereocenters. The Balaban J connectivity index is 2.96. The van der Waals surface area contributed by atoms with Crippen molar-refractivity contribution in [3.05, 3.63) is 0 Å². The Hall–Kier alpha value is 0.100. The van der Waals surface area contributed by atoms with Crippen molar-refractivity contribution in [3.63, 3.8) is 0 Å². The Morgan fingerprint density at radius 2 is 1.18 bits per heavy atom. The molecule has 0 fully saturated rings. The van der Waals surface area contributed by atoms with Gasteiger partial charge >= 0.3 is 0 Å². The van der Waals surface area contributed by atoms with Crippen molar-refractivity contribution in [1.29, 1.82) is 0 Å². The smallest absolute Gasteiger partial charge is 0.158 e. The molecule has 0 bridgehead atoms. The maximum atomic E-state index is 10.5. The monoisotopic (exact) mass is 258 g/mol. The molecule has 0 aromatic heterocycles. The molecule has 0 spiro atoms. The number of hydrogen-bond donors (Lipinski definition) is 0. The zero-order valence-electron chi connectivity index (χ0n) is 11.9. The van der Waals surface area contributed by atoms with E-state index in [1.807, 2.05) is 0 Å². The van der Waals surface area contributed by atoms with Crippen LogP contribution in [-0.2, 0) is 4.57 Å². The lowest BCUT2D eigenvalue weighted by atomic mass is 10.0. The molecule has 1 unspecified atom stereocenters. The molecule has 0 aliphatic heterocycles. The van der Waals surface area contributed by atoms with Gasteiger partial charge in [-0.05, 0) is 6.42 Å². The average molecular weight is 258 g/mol. The summed E-state index contributed by atoms with van der Waals surface area (Å²) in [6.07, 6.45) is 16.4. The summed E-state index contributed by atoms with van der Waals surface area (Å²) in [6.45, 7) is 4.33. The van der Waals surface area contributed by atoms with Gasteiger partial charge in [0.1, 0.15) is 0 Å². The molecular formula is C15H31OP. The second-order valence-electron chi connectivity index (χ2n) is 5.28. The maximum Gasteiger partial charge on any atom is 0.158 e. The van der Waals surface area contributed by atoms with E-state index in [-0.39, 0.29) is 0 Å². The Morgan fingerprint density at radius 3 is 1.59 bits per heavy atom. The molecule has 0 aromatic rings. The number of unbranched alkanes of at least 4 members (excludes halogenated alkanes) is 10. The first kappa shape index (κ1) is 17.1. The Labute approximate surface area is 110 Å². The van der Waals surface area contributed by atoms with Gasteiger partial charge in [0.15, 0.2) is 8.46 Å². The first-order valence-electron chi connectivity index (χ1n) is 7.63. The molecule has 0 saturated carbocycles. The molecule has 0 amide bonds. The summed E-state index contributed by atoms with van der Waals surface area (Å²) in [6, 6.07) is 0. The fourth-order valence-electron chi connectivity index (χ4n) is 2.16. The van der Waals surface area contributed by atoms with Crippen molar-refractivity contribution < 1.29 is 4.57 Å². The first-order chi connectivity index (χ1) is 8.31. The number of hydrogen-bond acceptors (Lipinski definition) is 1. The van der Waals surface area contributed by atoms with Gasteiger partial charge in [0.25, 0.3) is 0 Å². The highest BCUT2D eigenvalue weighted by Gasteiger charge is 1.99. The van der Waals surface area contributed by atoms with Crippen LogP contribution >= 0.6 is 8.46 Å². The summed E-state index contributed by atoms with van der Waals surface area (Å²) >= 11 is 0. The van der Waals surface area contributed by atoms with Crippen LogP contribution in [0.3, 0.4) is 0 Å². The largest absolute Gasteiger partial charge is 0.275 e. The van der Waals surface area contributed by atoms with Gasteiger partial charge in [-0.15, -0.1) is 0 Å². The molecule has 0 radical (unpaired) electrons. The Kier molecular flexibility index (Phi) is 14.2. The molecule has 0 saturated heterocycles. The summed E-state index contributed by atoms with van der Waals surface area (Å²) in [5, 5.41) is 0. The molecule has 0 N–H and O–H groups in total. The molecule has 0 heterocycles. The lowest BCUT2D eigenvalue weighted by Gasteiger charge is -2.03. The minimum absolute atomic E-state index is 0.325. The van der Waals surface area contributed by atoms with Crippen molar-refractivity contribution in [2.45, 2.75) is 96.6 Å². The van der Waals surface area contributed by atoms with Crippen LogP contribution in [0.15, 0.2) is 0 Å². The van der Waals surface area contributed by atoms with E-state index in [0.717, 1.165) is 6.42 Å². The van der Waals surface area contributed by atoms with Gasteiger partial charge in [-0.3, -0.25) is 4.57 Å². The second-order valence-corrected chi connectivity index (χ2v) is 6.37. The fourth-order valence-corrected chi connectivity index (χ4v) is 2.44. The van der Waals surface area contributed by atoms with Gasteiger partial charge in [0.2, 0.25) is 0 Å². The van der Waals surface area contributed by atoms with Gasteiger partial charge < -0.3 is 0 Å². The van der Waals surface area contributed by atoms with Gasteiger partial charge in [-0.2, -0.15) is 0 Å². The van der Waals surface area contributed by atoms with E-state index >= 15 is 0 Å². The summed E-state index contributed by atoms with van der Waals surface area (Å²) < 4.78 is 10.5. The highest BCUT2D eigenvalue weighted by molar-refractivity contribution is 7.24. The maximum absolute atomic E-state index is 10.5. The van der Waals surface area contributed by atoms with E-state index in [1.165, 1.54) is 70.6 Å². The number of rotatable bonds is 13. The van der Waals surface area contributed by atoms with Crippen LogP contribution in [0.25, 0.3) is 0 Å². The third-order valence-electron chi connectivity index (χ3n) is 3.41. The van der Waals surface area contributed by atoms with Crippen LogP contribution < -0.4 is 0 Å². The van der Waals surface area contributed by atoms with Gasteiger partial charge in [0.05, 0.1) is 0 Å². The lowest BCUT2D eigenvalue weighted by Crippen LogP contribution is -1.90. The molecular weight excluding hydrogens is 227 g/mol. The predicted molar refractivity (Wildman–Crippen MR) is 78.1 cm³/mol. The van der Waals surface area contributed by atoms with Crippen LogP contribution in [-0.4, -0.2) is 5.66 Å². The first-order valence-corrected chi connectivity index (χ1v) is 8.52. The van der Waals surface area contributed by atoms with E-state index in [1.54, 1.807) is 0 Å². The van der Waals surface area contributed by atoms with E-state index in [0.29, 0.717) is 14.1 Å². The Morgan fingerprint density at radius 1 is 0.765 bits per heavy atom. The molecule has 0 aromatic carbocycles. The highest BCUT2D eigenvalue weighted by Crippen LogP contribution is 2.16. The molecule has 2 heteroatoms. The second kappa shape index (κ2) is 14.2. The third kappa shape index (κ3) is 14.0. The van der Waals surface area contributed by atoms with Crippen molar-refractivity contribution in [1.82, 2.24) is 0 Å². The molecule has 102 valence electrons. The lowest BCUT2D eigenvalue weighted by molar-refractivity contribution is 0.540. The fraction of sp³-hybridized carbons (Fsp3) is 1.00. The summed E-state index contributed by atoms with van der Waals surface area (Å²) in [4.78, 5) is 0. The SMILES string of the molecule is CCCCCCCCCCCCCC(C)P=O. The van der Waals surface area contributed by atoms with Crippen LogP contribution in [0, 0.1) is 0 Å². The van der Waals surface area contributed by atoms with Crippen LogP contribution in [0.1, 0.15) is 90.9 Å². The van der Waals surface area contributed by atoms with Crippen molar-refractivity contribution in [2.75, 3.05) is 0 Å². The molecule has 0 aliphatic rings. The zero-order chi connectivity index (χ0) is 12.8. The highest BCUT2D eigenvalue weighted by atomic mass is 31.1. The van der Waals surface area contributed by atoms with E-state index in [9.17, 15) is 4.57 Å². The molecule has 1 nitrogen and oxygen atoms in total. The van der Waals surface area contributed by atoms with E-state index in [2.05, 4.69) is 13.8 Å². The van der Waals surface area contributed by atoms with Gasteiger partial charge in [-0.1, -0.05) is 84.5 Å². The van der Waals surface area contributed by atoms with Crippen molar-refractivity contribution in [2.24, 2.45) is 0 Å². The Bertz CT molecular complexity index is 159. The molecule has 17 heavy (non-hydrogen) atoms. The standard InChI is InChI=1S/C15H31OP/c1-3-4-5-6-7-8-9-10-11-12-13-14-15(2)17-16/h15H,3-14H2,1-2H3. The summed E-state index contributed by atoms with van der Waals surface area (Å²) in [5.41, 5.74) is 0.369. The molecule has 0 rings (SSSR count). The van der Waals surface area contributed by atoms with Crippen molar-refractivity contribution >= 4 is 8.46 Å². The predicted octanol–water partition coefficient (Wildman–Crippen LogP) is 6.37. The minimum Gasteiger partial charge on any atom is -0.275 e. The topological polar surface area (TPSA) is 17.1 Å². The quantitative estimate of drug-likeness (QED) is 0.277. The van der Waals surface area contributed by atoms with Crippen LogP contribution in [0.4, 0.5) is 0 Å². The van der Waals surface area contributed by atoms with E-state index < -0.39 is 0 Å². The van der Waals surface area contributed by atoms with E-state index in [4.69, 9.17) is 0 Å². The summed E-state index contributed by atoms with van der Waals surface area (Å²) in [7, 11) is 0.325. The minimum atomic E-state index is 0.325. The third-order valence-corrected chi connectivity index (χ3v) is 4.02. The summed E-state index contributed by atoms with van der Waals surface area (Å²) in [5.74, 6) is 0. The van der Waals surface area contributed by atoms with Crippen LogP contribution in [0.5, 0.6) is 0 Å². The van der Waals surface area contributed by atoms with Crippen LogP contribution in [0.2, 0.25) is 0 Å². The average Bonchev–Trinajstić information content (AvgIpc) is 2.35. The van der Waals surface area contributed by atoms with Crippen molar-refractivity contribution in [3.8, 4) is 0 Å². The molecule has 0 aliphatic carbocycles. The van der Waals surface area contributed by atoms with Gasteiger partial charge in [0, 0.05) is 5.66 Å².